The van der Waals surface area contributed by atoms with Crippen molar-refractivity contribution in [1.29, 1.82) is 0 Å². The molecule has 0 bridgehead atoms. The lowest BCUT2D eigenvalue weighted by Crippen LogP contribution is -2.17. The molecule has 0 saturated carbocycles. The Labute approximate surface area is 107 Å². The molecule has 0 atom stereocenters. The van der Waals surface area contributed by atoms with E-state index >= 15 is 0 Å². The minimum atomic E-state index is -0.670. The maximum Gasteiger partial charge on any atom is 0.222 e. The highest BCUT2D eigenvalue weighted by atomic mass is 79.9. The van der Waals surface area contributed by atoms with Crippen LogP contribution in [0.1, 0.15) is 25.0 Å². The Morgan fingerprint density at radius 2 is 2.06 bits per heavy atom. The van der Waals surface area contributed by atoms with E-state index in [-0.39, 0.29) is 11.5 Å². The molecule has 2 nitrogen and oxygen atoms in total. The van der Waals surface area contributed by atoms with Gasteiger partial charge < -0.3 is 4.74 Å². The van der Waals surface area contributed by atoms with Crippen molar-refractivity contribution in [1.82, 2.24) is 0 Å². The van der Waals surface area contributed by atoms with Gasteiger partial charge in [-0.15, -0.1) is 0 Å². The smallest absolute Gasteiger partial charge is 0.222 e. The van der Waals surface area contributed by atoms with Crippen LogP contribution in [0.25, 0.3) is 0 Å². The van der Waals surface area contributed by atoms with Crippen molar-refractivity contribution < 1.29 is 13.5 Å². The van der Waals surface area contributed by atoms with E-state index in [1.165, 1.54) is 6.07 Å². The fourth-order valence-corrected chi connectivity index (χ4v) is 1.97. The highest BCUT2D eigenvalue weighted by Crippen LogP contribution is 2.28. The molecule has 5 heteroatoms. The molecule has 92 valence electrons. The Morgan fingerprint density at radius 3 is 2.59 bits per heavy atom. The number of nitrogens with zero attached hydrogens (tertiary/aromatic N) is 1. The van der Waals surface area contributed by atoms with Crippen LogP contribution < -0.4 is 0 Å². The Hall–Kier alpha value is -0.970. The van der Waals surface area contributed by atoms with Gasteiger partial charge in [-0.25, -0.2) is 13.8 Å². The van der Waals surface area contributed by atoms with Crippen molar-refractivity contribution in [2.45, 2.75) is 26.3 Å². The van der Waals surface area contributed by atoms with Gasteiger partial charge in [0.15, 0.2) is 0 Å². The van der Waals surface area contributed by atoms with Crippen molar-refractivity contribution in [3.8, 4) is 0 Å². The van der Waals surface area contributed by atoms with Gasteiger partial charge in [-0.1, -0.05) is 15.9 Å². The first kappa shape index (κ1) is 12.5. The van der Waals surface area contributed by atoms with Gasteiger partial charge in [0.25, 0.3) is 0 Å². The van der Waals surface area contributed by atoms with Crippen molar-refractivity contribution in [3.05, 3.63) is 33.3 Å². The lowest BCUT2D eigenvalue weighted by Gasteiger charge is -2.08. The molecule has 2 rings (SSSR count). The molecule has 0 N–H and O–H groups in total. The van der Waals surface area contributed by atoms with Gasteiger partial charge in [-0.05, 0) is 32.4 Å². The third-order valence-corrected chi connectivity index (χ3v) is 3.40. The summed E-state index contributed by atoms with van der Waals surface area (Å²) in [7, 11) is 0. The average molecular weight is 304 g/mol. The first-order valence-electron chi connectivity index (χ1n) is 5.19. The van der Waals surface area contributed by atoms with Crippen molar-refractivity contribution in [2.24, 2.45) is 4.99 Å². The summed E-state index contributed by atoms with van der Waals surface area (Å²) in [4.78, 5) is 4.18. The second-order valence-corrected chi connectivity index (χ2v) is 5.53. The molecule has 0 spiro atoms. The number of ether oxygens (including phenoxy) is 1. The van der Waals surface area contributed by atoms with E-state index in [0.29, 0.717) is 16.6 Å². The molecule has 0 aliphatic carbocycles. The zero-order valence-electron chi connectivity index (χ0n) is 9.77. The largest absolute Gasteiger partial charge is 0.475 e. The minimum absolute atomic E-state index is 0.0422. The van der Waals surface area contributed by atoms with Crippen molar-refractivity contribution in [2.75, 3.05) is 6.61 Å². The number of aliphatic imine (C=N–C) groups is 1. The molecule has 0 saturated heterocycles. The predicted molar refractivity (Wildman–Crippen MR) is 65.4 cm³/mol. The van der Waals surface area contributed by atoms with Crippen LogP contribution in [0.15, 0.2) is 15.5 Å². The first-order chi connectivity index (χ1) is 7.82. The third kappa shape index (κ3) is 2.20. The predicted octanol–water partition coefficient (Wildman–Crippen LogP) is 3.59. The molecule has 0 fully saturated rings. The summed E-state index contributed by atoms with van der Waals surface area (Å²) in [5.74, 6) is -1.26. The van der Waals surface area contributed by atoms with Crippen molar-refractivity contribution in [3.63, 3.8) is 0 Å². The Balaban J connectivity index is 2.58. The second kappa shape index (κ2) is 4.05. The molecular formula is C12H12BrF2NO. The zero-order valence-corrected chi connectivity index (χ0v) is 11.4. The van der Waals surface area contributed by atoms with Crippen LogP contribution in [0, 0.1) is 18.6 Å². The van der Waals surface area contributed by atoms with Gasteiger partial charge in [0.1, 0.15) is 23.8 Å². The lowest BCUT2D eigenvalue weighted by atomic mass is 10.1. The minimum Gasteiger partial charge on any atom is -0.475 e. The molecule has 1 heterocycles. The summed E-state index contributed by atoms with van der Waals surface area (Å²) < 4.78 is 33.4. The second-order valence-electron chi connectivity index (χ2n) is 4.67. The van der Waals surface area contributed by atoms with E-state index in [1.807, 2.05) is 13.8 Å². The maximum absolute atomic E-state index is 14.0. The fourth-order valence-electron chi connectivity index (χ4n) is 1.60. The van der Waals surface area contributed by atoms with Gasteiger partial charge in [-0.3, -0.25) is 0 Å². The molecule has 0 unspecified atom stereocenters. The van der Waals surface area contributed by atoms with Gasteiger partial charge in [0.2, 0.25) is 5.90 Å². The number of rotatable bonds is 1. The molecule has 1 aliphatic heterocycles. The van der Waals surface area contributed by atoms with Crippen LogP contribution >= 0.6 is 15.9 Å². The third-order valence-electron chi connectivity index (χ3n) is 2.58. The standard InChI is InChI=1S/C12H12BrF2NO/c1-6-7(13)4-8(14)9(10(6)15)11-16-12(2,3)5-17-11/h4H,5H2,1-3H3. The highest BCUT2D eigenvalue weighted by molar-refractivity contribution is 9.10. The molecule has 17 heavy (non-hydrogen) atoms. The first-order valence-corrected chi connectivity index (χ1v) is 5.98. The molecular weight excluding hydrogens is 292 g/mol. The van der Waals surface area contributed by atoms with E-state index in [4.69, 9.17) is 4.74 Å². The van der Waals surface area contributed by atoms with Crippen LogP contribution in [0.5, 0.6) is 0 Å². The fraction of sp³-hybridized carbons (Fsp3) is 0.417. The average Bonchev–Trinajstić information content (AvgIpc) is 2.55. The molecule has 0 radical (unpaired) electrons. The number of hydrogen-bond donors (Lipinski definition) is 0. The van der Waals surface area contributed by atoms with Gasteiger partial charge in [-0.2, -0.15) is 0 Å². The highest BCUT2D eigenvalue weighted by Gasteiger charge is 2.31. The molecule has 1 aliphatic rings. The van der Waals surface area contributed by atoms with E-state index in [0.717, 1.165) is 0 Å². The summed E-state index contributed by atoms with van der Waals surface area (Å²) in [5.41, 5.74) is -0.275. The summed E-state index contributed by atoms with van der Waals surface area (Å²) in [6.45, 7) is 5.60. The molecule has 1 aromatic carbocycles. The topological polar surface area (TPSA) is 21.6 Å². The lowest BCUT2D eigenvalue weighted by molar-refractivity contribution is 0.278. The van der Waals surface area contributed by atoms with Crippen LogP contribution in [0.2, 0.25) is 0 Å². The van der Waals surface area contributed by atoms with E-state index in [2.05, 4.69) is 20.9 Å². The molecule has 1 aromatic rings. The van der Waals surface area contributed by atoms with Crippen LogP contribution in [-0.4, -0.2) is 18.0 Å². The van der Waals surface area contributed by atoms with E-state index < -0.39 is 17.2 Å². The van der Waals surface area contributed by atoms with Crippen molar-refractivity contribution >= 4 is 21.8 Å². The maximum atomic E-state index is 14.0. The normalized spacial score (nSPS) is 17.9. The summed E-state index contributed by atoms with van der Waals surface area (Å²) in [6.07, 6.45) is 0. The Morgan fingerprint density at radius 1 is 1.41 bits per heavy atom. The summed E-state index contributed by atoms with van der Waals surface area (Å²) in [5, 5.41) is 0. The number of halogens is 3. The quantitative estimate of drug-likeness (QED) is 0.777. The summed E-state index contributed by atoms with van der Waals surface area (Å²) in [6, 6.07) is 1.23. The Kier molecular flexibility index (Phi) is 2.97. The number of benzene rings is 1. The van der Waals surface area contributed by atoms with E-state index in [1.54, 1.807) is 6.92 Å². The molecule has 0 aromatic heterocycles. The van der Waals surface area contributed by atoms with Gasteiger partial charge >= 0.3 is 0 Å². The van der Waals surface area contributed by atoms with Gasteiger partial charge in [0.05, 0.1) is 5.54 Å². The SMILES string of the molecule is Cc1c(Br)cc(F)c(C2=NC(C)(C)CO2)c1F. The van der Waals surface area contributed by atoms with Gasteiger partial charge in [0, 0.05) is 4.47 Å². The van der Waals surface area contributed by atoms with E-state index in [9.17, 15) is 8.78 Å². The molecule has 0 amide bonds. The van der Waals surface area contributed by atoms with Crippen LogP contribution in [0.4, 0.5) is 8.78 Å². The Bertz CT molecular complexity index is 512. The zero-order chi connectivity index (χ0) is 12.8. The summed E-state index contributed by atoms with van der Waals surface area (Å²) >= 11 is 3.10. The number of hydrogen-bond acceptors (Lipinski definition) is 2. The monoisotopic (exact) mass is 303 g/mol. The van der Waals surface area contributed by atoms with Crippen LogP contribution in [-0.2, 0) is 4.74 Å². The van der Waals surface area contributed by atoms with Crippen LogP contribution in [0.3, 0.4) is 0 Å².